The number of aliphatic imine (C=N–C) groups is 1. The van der Waals surface area contributed by atoms with E-state index < -0.39 is 9.84 Å². The Morgan fingerprint density at radius 3 is 2.28 bits per heavy atom. The summed E-state index contributed by atoms with van der Waals surface area (Å²) in [4.78, 5) is 4.94. The van der Waals surface area contributed by atoms with Crippen LogP contribution in [-0.4, -0.2) is 33.2 Å². The van der Waals surface area contributed by atoms with Crippen LogP contribution in [-0.2, 0) is 16.4 Å². The van der Waals surface area contributed by atoms with Gasteiger partial charge in [-0.2, -0.15) is 0 Å². The molecule has 1 unspecified atom stereocenters. The Morgan fingerprint density at radius 1 is 1.12 bits per heavy atom. The van der Waals surface area contributed by atoms with Crippen molar-refractivity contribution in [3.63, 3.8) is 0 Å². The van der Waals surface area contributed by atoms with E-state index >= 15 is 0 Å². The second-order valence-corrected chi connectivity index (χ2v) is 9.00. The number of nitrogens with zero attached hydrogens (tertiary/aromatic N) is 1. The summed E-state index contributed by atoms with van der Waals surface area (Å²) >= 11 is 0. The van der Waals surface area contributed by atoms with Crippen molar-refractivity contribution in [1.82, 2.24) is 10.6 Å². The fourth-order valence-electron chi connectivity index (χ4n) is 2.47. The number of nitrogens with one attached hydrogen (secondary N) is 2. The summed E-state index contributed by atoms with van der Waals surface area (Å²) in [6.07, 6.45) is 4.78. The van der Waals surface area contributed by atoms with Crippen LogP contribution >= 0.6 is 0 Å². The van der Waals surface area contributed by atoms with Gasteiger partial charge in [-0.05, 0) is 43.9 Å². The zero-order chi connectivity index (χ0) is 18.9. The molecule has 0 heterocycles. The molecule has 5 nitrogen and oxygen atoms in total. The largest absolute Gasteiger partial charge is 0.357 e. The summed E-state index contributed by atoms with van der Waals surface area (Å²) in [5.41, 5.74) is 0.983. The van der Waals surface area contributed by atoms with Crippen LogP contribution in [0.1, 0.15) is 52.5 Å². The van der Waals surface area contributed by atoms with Crippen molar-refractivity contribution in [2.45, 2.75) is 64.4 Å². The fraction of sp³-hybridized carbons (Fsp3) is 0.632. The molecule has 142 valence electrons. The van der Waals surface area contributed by atoms with Gasteiger partial charge in [0, 0.05) is 18.8 Å². The van der Waals surface area contributed by atoms with Crippen molar-refractivity contribution in [2.24, 2.45) is 10.9 Å². The van der Waals surface area contributed by atoms with Gasteiger partial charge in [0.2, 0.25) is 0 Å². The van der Waals surface area contributed by atoms with E-state index in [1.54, 1.807) is 12.1 Å². The molecule has 0 saturated heterocycles. The monoisotopic (exact) mass is 367 g/mol. The predicted molar refractivity (Wildman–Crippen MR) is 106 cm³/mol. The molecule has 6 heteroatoms. The van der Waals surface area contributed by atoms with Crippen LogP contribution in [0.15, 0.2) is 34.2 Å². The van der Waals surface area contributed by atoms with E-state index in [1.807, 2.05) is 19.1 Å². The average Bonchev–Trinajstić information content (AvgIpc) is 2.52. The van der Waals surface area contributed by atoms with Gasteiger partial charge in [0.15, 0.2) is 15.8 Å². The van der Waals surface area contributed by atoms with Crippen molar-refractivity contribution in [2.75, 3.05) is 12.8 Å². The molecule has 1 aromatic carbocycles. The van der Waals surface area contributed by atoms with Crippen LogP contribution in [0.4, 0.5) is 0 Å². The minimum Gasteiger partial charge on any atom is -0.357 e. The van der Waals surface area contributed by atoms with E-state index in [-0.39, 0.29) is 0 Å². The molecule has 0 aromatic heterocycles. The topological polar surface area (TPSA) is 70.6 Å². The molecule has 2 N–H and O–H groups in total. The first kappa shape index (κ1) is 21.5. The summed E-state index contributed by atoms with van der Waals surface area (Å²) in [6.45, 7) is 10.0. The molecule has 0 aliphatic rings. The Morgan fingerprint density at radius 2 is 1.76 bits per heavy atom. The lowest BCUT2D eigenvalue weighted by molar-refractivity contribution is 0.491. The predicted octanol–water partition coefficient (Wildman–Crippen LogP) is 3.36. The van der Waals surface area contributed by atoms with Crippen LogP contribution in [0.5, 0.6) is 0 Å². The van der Waals surface area contributed by atoms with Crippen molar-refractivity contribution in [3.8, 4) is 0 Å². The van der Waals surface area contributed by atoms with Crippen molar-refractivity contribution in [3.05, 3.63) is 29.8 Å². The van der Waals surface area contributed by atoms with Crippen LogP contribution < -0.4 is 10.6 Å². The lowest BCUT2D eigenvalue weighted by atomic mass is 10.0. The van der Waals surface area contributed by atoms with Gasteiger partial charge in [0.1, 0.15) is 0 Å². The van der Waals surface area contributed by atoms with E-state index in [0.29, 0.717) is 17.5 Å². The number of sulfone groups is 1. The molecule has 1 aromatic rings. The Labute approximate surface area is 153 Å². The van der Waals surface area contributed by atoms with E-state index in [2.05, 4.69) is 36.4 Å². The zero-order valence-electron chi connectivity index (χ0n) is 16.2. The molecule has 25 heavy (non-hydrogen) atoms. The summed E-state index contributed by atoms with van der Waals surface area (Å²) in [6, 6.07) is 7.26. The molecule has 1 rings (SSSR count). The van der Waals surface area contributed by atoms with Crippen LogP contribution in [0, 0.1) is 5.92 Å². The van der Waals surface area contributed by atoms with E-state index in [0.717, 1.165) is 30.4 Å². The average molecular weight is 368 g/mol. The second kappa shape index (κ2) is 10.4. The maximum absolute atomic E-state index is 11.5. The third kappa shape index (κ3) is 8.91. The van der Waals surface area contributed by atoms with Crippen LogP contribution in [0.3, 0.4) is 0 Å². The second-order valence-electron chi connectivity index (χ2n) is 6.98. The first-order valence-electron chi connectivity index (χ1n) is 9.06. The smallest absolute Gasteiger partial charge is 0.191 e. The fourth-order valence-corrected chi connectivity index (χ4v) is 3.10. The molecule has 0 spiro atoms. The first-order valence-corrected chi connectivity index (χ1v) is 10.9. The van der Waals surface area contributed by atoms with Crippen molar-refractivity contribution < 1.29 is 8.42 Å². The third-order valence-electron chi connectivity index (χ3n) is 3.92. The van der Waals surface area contributed by atoms with Crippen molar-refractivity contribution in [1.29, 1.82) is 0 Å². The molecule has 0 fully saturated rings. The summed E-state index contributed by atoms with van der Waals surface area (Å²) in [5.74, 6) is 1.54. The first-order chi connectivity index (χ1) is 11.7. The van der Waals surface area contributed by atoms with E-state index in [9.17, 15) is 8.42 Å². The van der Waals surface area contributed by atoms with Gasteiger partial charge in [-0.25, -0.2) is 13.4 Å². The Bertz CT molecular complexity index is 637. The minimum atomic E-state index is -3.15. The van der Waals surface area contributed by atoms with Gasteiger partial charge >= 0.3 is 0 Å². The number of hydrogen-bond donors (Lipinski definition) is 2. The summed E-state index contributed by atoms with van der Waals surface area (Å²) in [7, 11) is -3.15. The highest BCUT2D eigenvalue weighted by Gasteiger charge is 2.07. The highest BCUT2D eigenvalue weighted by molar-refractivity contribution is 7.90. The van der Waals surface area contributed by atoms with E-state index in [4.69, 9.17) is 0 Å². The Balaban J connectivity index is 2.62. The molecule has 1 atom stereocenters. The van der Waals surface area contributed by atoms with E-state index in [1.165, 1.54) is 19.1 Å². The Kier molecular flexibility index (Phi) is 8.97. The van der Waals surface area contributed by atoms with Gasteiger partial charge in [0.05, 0.1) is 11.4 Å². The molecule has 0 radical (unpaired) electrons. The zero-order valence-corrected chi connectivity index (χ0v) is 17.0. The number of benzene rings is 1. The highest BCUT2D eigenvalue weighted by Crippen LogP contribution is 2.11. The quantitative estimate of drug-likeness (QED) is 0.519. The molecule has 0 aliphatic carbocycles. The number of hydrogen-bond acceptors (Lipinski definition) is 3. The molecule has 0 saturated carbocycles. The van der Waals surface area contributed by atoms with Gasteiger partial charge in [-0.3, -0.25) is 0 Å². The highest BCUT2D eigenvalue weighted by atomic mass is 32.2. The maximum atomic E-state index is 11.5. The lowest BCUT2D eigenvalue weighted by Crippen LogP contribution is -2.42. The summed E-state index contributed by atoms with van der Waals surface area (Å²) < 4.78 is 23.0. The van der Waals surface area contributed by atoms with Gasteiger partial charge in [-0.1, -0.05) is 38.8 Å². The minimum absolute atomic E-state index is 0.337. The van der Waals surface area contributed by atoms with Gasteiger partial charge in [0.25, 0.3) is 0 Å². The third-order valence-corrected chi connectivity index (χ3v) is 5.05. The van der Waals surface area contributed by atoms with Crippen LogP contribution in [0.2, 0.25) is 0 Å². The van der Waals surface area contributed by atoms with Gasteiger partial charge in [-0.15, -0.1) is 0 Å². The number of guanidine groups is 1. The maximum Gasteiger partial charge on any atom is 0.191 e. The molecule has 0 aliphatic heterocycles. The molecular weight excluding hydrogens is 334 g/mol. The molecule has 0 bridgehead atoms. The SMILES string of the molecule is CCNC(=NCc1ccc(S(C)(=O)=O)cc1)NC(C)CCCC(C)C. The molecular formula is C19H33N3O2S. The molecule has 0 amide bonds. The normalized spacial score (nSPS) is 13.8. The number of rotatable bonds is 9. The van der Waals surface area contributed by atoms with Gasteiger partial charge < -0.3 is 10.6 Å². The standard InChI is InChI=1S/C19H33N3O2S/c1-6-20-19(22-16(4)9-7-8-15(2)3)21-14-17-10-12-18(13-11-17)25(5,23)24/h10-13,15-16H,6-9,14H2,1-5H3,(H2,20,21,22). The summed E-state index contributed by atoms with van der Waals surface area (Å²) in [5, 5.41) is 6.70. The Hall–Kier alpha value is -1.56. The lowest BCUT2D eigenvalue weighted by Gasteiger charge is -2.18. The van der Waals surface area contributed by atoms with Crippen LogP contribution in [0.25, 0.3) is 0 Å². The van der Waals surface area contributed by atoms with Crippen molar-refractivity contribution >= 4 is 15.8 Å².